The summed E-state index contributed by atoms with van der Waals surface area (Å²) in [5.74, 6) is 0.256. The minimum Gasteiger partial charge on any atom is -0.507 e. The summed E-state index contributed by atoms with van der Waals surface area (Å²) < 4.78 is 0. The van der Waals surface area contributed by atoms with Crippen LogP contribution in [0.25, 0.3) is 0 Å². The molecule has 0 atom stereocenters. The molecule has 3 heteroatoms. The Hall–Kier alpha value is -1.51. The monoisotopic (exact) mass is 219 g/mol. The number of carbonyl (C=O) groups is 1. The number of rotatable bonds is 3. The Kier molecular flexibility index (Phi) is 2.86. The number of amides is 1. The molecule has 1 amide bonds. The summed E-state index contributed by atoms with van der Waals surface area (Å²) in [6, 6.07) is 5.58. The molecule has 0 bridgehead atoms. The van der Waals surface area contributed by atoms with Gasteiger partial charge in [-0.15, -0.1) is 0 Å². The Bertz CT molecular complexity index is 408. The van der Waals surface area contributed by atoms with E-state index in [2.05, 4.69) is 19.2 Å². The fourth-order valence-electron chi connectivity index (χ4n) is 1.59. The molecule has 2 rings (SSSR count). The topological polar surface area (TPSA) is 49.3 Å². The van der Waals surface area contributed by atoms with Crippen molar-refractivity contribution in [3.8, 4) is 5.75 Å². The van der Waals surface area contributed by atoms with Crippen LogP contribution in [0.15, 0.2) is 18.2 Å². The van der Waals surface area contributed by atoms with Gasteiger partial charge in [-0.2, -0.15) is 0 Å². The van der Waals surface area contributed by atoms with E-state index in [0.717, 1.165) is 18.4 Å². The van der Waals surface area contributed by atoms with E-state index in [-0.39, 0.29) is 11.7 Å². The quantitative estimate of drug-likeness (QED) is 0.820. The zero-order valence-electron chi connectivity index (χ0n) is 9.66. The second kappa shape index (κ2) is 4.16. The van der Waals surface area contributed by atoms with Gasteiger partial charge in [0.05, 0.1) is 5.56 Å². The number of hydrogen-bond acceptors (Lipinski definition) is 2. The first kappa shape index (κ1) is 11.0. The number of phenols is 1. The van der Waals surface area contributed by atoms with Gasteiger partial charge in [-0.1, -0.05) is 19.9 Å². The Labute approximate surface area is 95.5 Å². The lowest BCUT2D eigenvalue weighted by Crippen LogP contribution is -2.25. The lowest BCUT2D eigenvalue weighted by molar-refractivity contribution is 0.0948. The number of aromatic hydroxyl groups is 1. The van der Waals surface area contributed by atoms with Crippen molar-refractivity contribution in [2.75, 3.05) is 0 Å². The van der Waals surface area contributed by atoms with Crippen molar-refractivity contribution in [2.24, 2.45) is 0 Å². The number of nitrogens with one attached hydrogen (secondary N) is 1. The third-order valence-electron chi connectivity index (χ3n) is 2.85. The van der Waals surface area contributed by atoms with Crippen molar-refractivity contribution < 1.29 is 9.90 Å². The minimum absolute atomic E-state index is 0.0735. The zero-order valence-corrected chi connectivity index (χ0v) is 9.66. The molecule has 0 spiro atoms. The van der Waals surface area contributed by atoms with Gasteiger partial charge in [0.15, 0.2) is 0 Å². The van der Waals surface area contributed by atoms with E-state index in [1.807, 2.05) is 6.07 Å². The number of benzene rings is 1. The first-order chi connectivity index (χ1) is 7.58. The van der Waals surface area contributed by atoms with Gasteiger partial charge >= 0.3 is 0 Å². The predicted octanol–water partition coefficient (Wildman–Crippen LogP) is 2.41. The van der Waals surface area contributed by atoms with Crippen molar-refractivity contribution in [3.63, 3.8) is 0 Å². The van der Waals surface area contributed by atoms with Gasteiger partial charge in [0.1, 0.15) is 5.75 Å². The summed E-state index contributed by atoms with van der Waals surface area (Å²) in [4.78, 5) is 11.7. The maximum atomic E-state index is 11.7. The Morgan fingerprint density at radius 1 is 1.44 bits per heavy atom. The van der Waals surface area contributed by atoms with Crippen molar-refractivity contribution in [2.45, 2.75) is 38.6 Å². The van der Waals surface area contributed by atoms with E-state index < -0.39 is 0 Å². The van der Waals surface area contributed by atoms with Gasteiger partial charge in [0, 0.05) is 6.04 Å². The standard InChI is InChI=1S/C13H17NO2/c1-8(2)9-3-6-11(12(15)7-9)13(16)14-10-4-5-10/h3,6-8,10,15H,4-5H2,1-2H3,(H,14,16). The summed E-state index contributed by atoms with van der Waals surface area (Å²) in [5.41, 5.74) is 1.41. The maximum absolute atomic E-state index is 11.7. The number of phenolic OH excluding ortho intramolecular Hbond substituents is 1. The molecular formula is C13H17NO2. The van der Waals surface area contributed by atoms with E-state index in [1.54, 1.807) is 12.1 Å². The first-order valence-electron chi connectivity index (χ1n) is 5.71. The summed E-state index contributed by atoms with van der Waals surface area (Å²) in [6.07, 6.45) is 2.10. The van der Waals surface area contributed by atoms with Crippen LogP contribution in [-0.2, 0) is 0 Å². The third-order valence-corrected chi connectivity index (χ3v) is 2.85. The fraction of sp³-hybridized carbons (Fsp3) is 0.462. The molecule has 0 unspecified atom stereocenters. The van der Waals surface area contributed by atoms with E-state index in [0.29, 0.717) is 17.5 Å². The lowest BCUT2D eigenvalue weighted by Gasteiger charge is -2.09. The van der Waals surface area contributed by atoms with Crippen molar-refractivity contribution >= 4 is 5.91 Å². The largest absolute Gasteiger partial charge is 0.507 e. The maximum Gasteiger partial charge on any atom is 0.255 e. The molecule has 1 aromatic rings. The summed E-state index contributed by atoms with van der Waals surface area (Å²) in [5, 5.41) is 12.6. The smallest absolute Gasteiger partial charge is 0.255 e. The molecule has 1 fully saturated rings. The summed E-state index contributed by atoms with van der Waals surface area (Å²) in [6.45, 7) is 4.11. The Balaban J connectivity index is 2.17. The van der Waals surface area contributed by atoms with Gasteiger partial charge in [-0.05, 0) is 36.5 Å². The van der Waals surface area contributed by atoms with E-state index in [4.69, 9.17) is 0 Å². The van der Waals surface area contributed by atoms with Crippen LogP contribution in [0.4, 0.5) is 0 Å². The van der Waals surface area contributed by atoms with Crippen LogP contribution in [0.5, 0.6) is 5.75 Å². The molecule has 2 N–H and O–H groups in total. The first-order valence-corrected chi connectivity index (χ1v) is 5.71. The molecular weight excluding hydrogens is 202 g/mol. The Morgan fingerprint density at radius 3 is 2.62 bits per heavy atom. The molecule has 0 radical (unpaired) electrons. The highest BCUT2D eigenvalue weighted by atomic mass is 16.3. The van der Waals surface area contributed by atoms with E-state index >= 15 is 0 Å². The van der Waals surface area contributed by atoms with Crippen molar-refractivity contribution in [1.29, 1.82) is 0 Å². The average molecular weight is 219 g/mol. The van der Waals surface area contributed by atoms with Crippen LogP contribution in [0.3, 0.4) is 0 Å². The van der Waals surface area contributed by atoms with Gasteiger partial charge in [0.2, 0.25) is 0 Å². The van der Waals surface area contributed by atoms with Gasteiger partial charge < -0.3 is 10.4 Å². The van der Waals surface area contributed by atoms with Crippen LogP contribution in [0, 0.1) is 0 Å². The number of carbonyl (C=O) groups excluding carboxylic acids is 1. The molecule has 86 valence electrons. The molecule has 1 aliphatic rings. The second-order valence-corrected chi connectivity index (χ2v) is 4.68. The highest BCUT2D eigenvalue weighted by Gasteiger charge is 2.24. The summed E-state index contributed by atoms with van der Waals surface area (Å²) in [7, 11) is 0. The highest BCUT2D eigenvalue weighted by Crippen LogP contribution is 2.25. The third kappa shape index (κ3) is 2.35. The van der Waals surface area contributed by atoms with Crippen molar-refractivity contribution in [1.82, 2.24) is 5.32 Å². The average Bonchev–Trinajstić information content (AvgIpc) is 3.01. The molecule has 1 aromatic carbocycles. The lowest BCUT2D eigenvalue weighted by atomic mass is 10.0. The van der Waals surface area contributed by atoms with Crippen molar-refractivity contribution in [3.05, 3.63) is 29.3 Å². The fourth-order valence-corrected chi connectivity index (χ4v) is 1.59. The molecule has 0 aliphatic heterocycles. The van der Waals surface area contributed by atoms with Crippen LogP contribution in [-0.4, -0.2) is 17.1 Å². The zero-order chi connectivity index (χ0) is 11.7. The number of hydrogen-bond donors (Lipinski definition) is 2. The second-order valence-electron chi connectivity index (χ2n) is 4.68. The minimum atomic E-state index is -0.171. The van der Waals surface area contributed by atoms with E-state index in [1.165, 1.54) is 0 Å². The molecule has 0 aromatic heterocycles. The Morgan fingerprint density at radius 2 is 2.12 bits per heavy atom. The molecule has 0 heterocycles. The molecule has 3 nitrogen and oxygen atoms in total. The molecule has 16 heavy (non-hydrogen) atoms. The van der Waals surface area contributed by atoms with Crippen LogP contribution in [0.1, 0.15) is 48.5 Å². The van der Waals surface area contributed by atoms with Crippen LogP contribution in [0.2, 0.25) is 0 Å². The predicted molar refractivity (Wildman–Crippen MR) is 62.7 cm³/mol. The normalized spacial score (nSPS) is 15.2. The molecule has 0 saturated heterocycles. The van der Waals surface area contributed by atoms with Gasteiger partial charge in [-0.25, -0.2) is 0 Å². The van der Waals surface area contributed by atoms with Crippen LogP contribution < -0.4 is 5.32 Å². The van der Waals surface area contributed by atoms with Crippen LogP contribution >= 0.6 is 0 Å². The van der Waals surface area contributed by atoms with Gasteiger partial charge in [-0.3, -0.25) is 4.79 Å². The summed E-state index contributed by atoms with van der Waals surface area (Å²) >= 11 is 0. The SMILES string of the molecule is CC(C)c1ccc(C(=O)NC2CC2)c(O)c1. The molecule has 1 aliphatic carbocycles. The van der Waals surface area contributed by atoms with Gasteiger partial charge in [0.25, 0.3) is 5.91 Å². The van der Waals surface area contributed by atoms with E-state index in [9.17, 15) is 9.90 Å². The highest BCUT2D eigenvalue weighted by molar-refractivity contribution is 5.97. The molecule has 1 saturated carbocycles.